The summed E-state index contributed by atoms with van der Waals surface area (Å²) in [5.41, 5.74) is -0.122. The van der Waals surface area contributed by atoms with Gasteiger partial charge in [-0.05, 0) is 51.4 Å². The molecule has 4 rings (SSSR count). The van der Waals surface area contributed by atoms with E-state index in [0.29, 0.717) is 36.5 Å². The number of ether oxygens (including phenoxy) is 1. The minimum Gasteiger partial charge on any atom is -0.444 e. The molecule has 1 saturated carbocycles. The molecule has 10 heteroatoms. The molecular weight excluding hydrogens is 440 g/mol. The number of aromatic nitrogens is 2. The minimum absolute atomic E-state index is 0. The van der Waals surface area contributed by atoms with Gasteiger partial charge >= 0.3 is 6.09 Å². The minimum atomic E-state index is -0.530. The molecule has 1 unspecified atom stereocenters. The Bertz CT molecular complexity index is 863. The van der Waals surface area contributed by atoms with Crippen molar-refractivity contribution in [2.45, 2.75) is 52.2 Å². The van der Waals surface area contributed by atoms with Crippen LogP contribution in [0.3, 0.4) is 0 Å². The van der Waals surface area contributed by atoms with Gasteiger partial charge in [-0.15, -0.1) is 11.3 Å². The van der Waals surface area contributed by atoms with Gasteiger partial charge in [-0.1, -0.05) is 6.92 Å². The van der Waals surface area contributed by atoms with Crippen LogP contribution in [-0.2, 0) is 4.74 Å². The average Bonchev–Trinajstić information content (AvgIpc) is 3.29. The quantitative estimate of drug-likeness (QED) is 0.740. The highest BCUT2D eigenvalue weighted by atomic mass is 32.1. The van der Waals surface area contributed by atoms with Crippen molar-refractivity contribution in [1.82, 2.24) is 19.6 Å². The molecule has 2 fully saturated rings. The van der Waals surface area contributed by atoms with Crippen LogP contribution in [0.4, 0.5) is 4.79 Å². The van der Waals surface area contributed by atoms with Gasteiger partial charge in [0.2, 0.25) is 0 Å². The third-order valence-corrected chi connectivity index (χ3v) is 6.51. The first-order valence-corrected chi connectivity index (χ1v) is 10.8. The van der Waals surface area contributed by atoms with E-state index in [1.165, 1.54) is 11.3 Å². The molecule has 1 saturated heterocycles. The van der Waals surface area contributed by atoms with Crippen molar-refractivity contribution in [3.05, 3.63) is 23.5 Å². The summed E-state index contributed by atoms with van der Waals surface area (Å²) in [7, 11) is 0. The standard InChI is InChI=1S/C20H28N4O3S.2H2S/c1-12-7-13-10-24(19(26)27-20(2,3)4)16(14(13)8-12)9-21-17(25)15-11-23-5-6-28-18(23)22-15;;/h5-6,11-14,16H,7-10H2,1-4H3,(H,21,25);2*1H2/t12?,13-,14-,16+;;/m0../s1. The van der Waals surface area contributed by atoms with Crippen LogP contribution in [0.15, 0.2) is 17.8 Å². The molecule has 30 heavy (non-hydrogen) atoms. The van der Waals surface area contributed by atoms with Crippen molar-refractivity contribution in [3.63, 3.8) is 0 Å². The smallest absolute Gasteiger partial charge is 0.410 e. The molecule has 0 aromatic carbocycles. The monoisotopic (exact) mass is 472 g/mol. The van der Waals surface area contributed by atoms with E-state index in [0.717, 1.165) is 17.8 Å². The van der Waals surface area contributed by atoms with Gasteiger partial charge in [0.05, 0.1) is 6.04 Å². The molecule has 168 valence electrons. The van der Waals surface area contributed by atoms with Crippen molar-refractivity contribution >= 4 is 55.3 Å². The Morgan fingerprint density at radius 2 is 2.03 bits per heavy atom. The molecule has 0 bridgehead atoms. The molecule has 2 amide bonds. The first-order valence-electron chi connectivity index (χ1n) is 9.91. The zero-order chi connectivity index (χ0) is 20.1. The number of likely N-dealkylation sites (tertiary alicyclic amines) is 1. The van der Waals surface area contributed by atoms with Gasteiger partial charge in [0.25, 0.3) is 5.91 Å². The van der Waals surface area contributed by atoms with E-state index in [9.17, 15) is 9.59 Å². The molecule has 2 aromatic rings. The predicted molar refractivity (Wildman–Crippen MR) is 128 cm³/mol. The Balaban J connectivity index is 0.00000160. The van der Waals surface area contributed by atoms with E-state index in [-0.39, 0.29) is 45.0 Å². The Morgan fingerprint density at radius 1 is 1.30 bits per heavy atom. The zero-order valence-electron chi connectivity index (χ0n) is 17.8. The number of amides is 2. The topological polar surface area (TPSA) is 75.9 Å². The van der Waals surface area contributed by atoms with Crippen molar-refractivity contribution < 1.29 is 14.3 Å². The number of hydrogen-bond acceptors (Lipinski definition) is 5. The van der Waals surface area contributed by atoms with E-state index in [1.807, 2.05) is 41.6 Å². The molecule has 2 aromatic heterocycles. The third kappa shape index (κ3) is 5.08. The van der Waals surface area contributed by atoms with E-state index in [4.69, 9.17) is 4.74 Å². The van der Waals surface area contributed by atoms with Crippen molar-refractivity contribution in [1.29, 1.82) is 0 Å². The van der Waals surface area contributed by atoms with E-state index in [1.54, 1.807) is 6.20 Å². The number of nitrogens with zero attached hydrogens (tertiary/aromatic N) is 3. The number of nitrogens with one attached hydrogen (secondary N) is 1. The molecule has 1 aliphatic carbocycles. The molecule has 4 atom stereocenters. The van der Waals surface area contributed by atoms with Gasteiger partial charge in [-0.3, -0.25) is 9.20 Å². The maximum absolute atomic E-state index is 12.8. The van der Waals surface area contributed by atoms with Crippen molar-refractivity contribution in [2.24, 2.45) is 17.8 Å². The fourth-order valence-corrected chi connectivity index (χ4v) is 5.36. The summed E-state index contributed by atoms with van der Waals surface area (Å²) in [5, 5.41) is 4.94. The summed E-state index contributed by atoms with van der Waals surface area (Å²) in [6.45, 7) is 9.05. The number of carbonyl (C=O) groups excluding carboxylic acids is 2. The highest BCUT2D eigenvalue weighted by molar-refractivity contribution is 7.59. The number of fused-ring (bicyclic) bond motifs is 2. The molecule has 0 spiro atoms. The fraction of sp³-hybridized carbons (Fsp3) is 0.650. The summed E-state index contributed by atoms with van der Waals surface area (Å²) in [6.07, 6.45) is 5.56. The van der Waals surface area contributed by atoms with Gasteiger partial charge in [0.1, 0.15) is 11.3 Å². The lowest BCUT2D eigenvalue weighted by atomic mass is 9.94. The fourth-order valence-electron chi connectivity index (χ4n) is 4.66. The molecule has 3 heterocycles. The van der Waals surface area contributed by atoms with Gasteiger partial charge in [-0.2, -0.15) is 27.0 Å². The van der Waals surface area contributed by atoms with Crippen LogP contribution >= 0.6 is 38.3 Å². The first kappa shape index (κ1) is 24.9. The number of carbonyl (C=O) groups is 2. The second-order valence-corrected chi connectivity index (χ2v) is 10.0. The Hall–Kier alpha value is -1.39. The van der Waals surface area contributed by atoms with E-state index in [2.05, 4.69) is 17.2 Å². The molecule has 7 nitrogen and oxygen atoms in total. The Morgan fingerprint density at radius 3 is 2.70 bits per heavy atom. The van der Waals surface area contributed by atoms with Crippen LogP contribution in [0.2, 0.25) is 0 Å². The number of thiazole rings is 1. The second-order valence-electron chi connectivity index (χ2n) is 9.13. The Labute approximate surface area is 195 Å². The molecule has 1 N–H and O–H groups in total. The highest BCUT2D eigenvalue weighted by Gasteiger charge is 2.48. The summed E-state index contributed by atoms with van der Waals surface area (Å²) in [5.74, 6) is 1.36. The van der Waals surface area contributed by atoms with Crippen LogP contribution in [0, 0.1) is 17.8 Å². The van der Waals surface area contributed by atoms with Crippen molar-refractivity contribution in [3.8, 4) is 0 Å². The number of rotatable bonds is 3. The predicted octanol–water partition coefficient (Wildman–Crippen LogP) is 3.63. The summed E-state index contributed by atoms with van der Waals surface area (Å²) >= 11 is 1.49. The van der Waals surface area contributed by atoms with Gasteiger partial charge in [0.15, 0.2) is 4.96 Å². The van der Waals surface area contributed by atoms with Gasteiger partial charge in [0, 0.05) is 30.9 Å². The lowest BCUT2D eigenvalue weighted by Crippen LogP contribution is -2.47. The van der Waals surface area contributed by atoms with Crippen LogP contribution in [0.25, 0.3) is 4.96 Å². The number of imidazole rings is 1. The summed E-state index contributed by atoms with van der Waals surface area (Å²) in [4.78, 5) is 32.4. The largest absolute Gasteiger partial charge is 0.444 e. The average molecular weight is 473 g/mol. The van der Waals surface area contributed by atoms with Crippen LogP contribution in [-0.4, -0.2) is 51.0 Å². The van der Waals surface area contributed by atoms with Gasteiger partial charge in [-0.25, -0.2) is 9.78 Å². The van der Waals surface area contributed by atoms with E-state index < -0.39 is 5.60 Å². The normalized spacial score (nSPS) is 25.4. The van der Waals surface area contributed by atoms with Crippen molar-refractivity contribution in [2.75, 3.05) is 13.1 Å². The molecular formula is C20H32N4O3S3. The lowest BCUT2D eigenvalue weighted by Gasteiger charge is -2.31. The van der Waals surface area contributed by atoms with Crippen LogP contribution < -0.4 is 5.32 Å². The first-order chi connectivity index (χ1) is 13.2. The van der Waals surface area contributed by atoms with Crippen LogP contribution in [0.1, 0.15) is 51.0 Å². The van der Waals surface area contributed by atoms with E-state index >= 15 is 0 Å². The summed E-state index contributed by atoms with van der Waals surface area (Å²) < 4.78 is 7.47. The second kappa shape index (κ2) is 9.40. The Kier molecular flexibility index (Phi) is 7.79. The molecule has 1 aliphatic heterocycles. The molecule has 0 radical (unpaired) electrons. The third-order valence-electron chi connectivity index (χ3n) is 5.74. The maximum atomic E-state index is 12.8. The highest BCUT2D eigenvalue weighted by Crippen LogP contribution is 2.45. The molecule has 2 aliphatic rings. The zero-order valence-corrected chi connectivity index (χ0v) is 20.7. The summed E-state index contributed by atoms with van der Waals surface area (Å²) in [6, 6.07) is -0.0301. The SMILES string of the molecule is CC1C[C@H]2CN(C(=O)OC(C)(C)C)[C@H](CNC(=O)c3cn4ccsc4n3)[C@H]2C1.S.S. The lowest BCUT2D eigenvalue weighted by molar-refractivity contribution is 0.0196. The maximum Gasteiger partial charge on any atom is 0.410 e. The van der Waals surface area contributed by atoms with Gasteiger partial charge < -0.3 is 15.0 Å². The number of hydrogen-bond donors (Lipinski definition) is 1. The van der Waals surface area contributed by atoms with Crippen LogP contribution in [0.5, 0.6) is 0 Å².